The number of para-hydroxylation sites is 1. The molecule has 0 radical (unpaired) electrons. The van der Waals surface area contributed by atoms with Gasteiger partial charge in [0.1, 0.15) is 5.75 Å². The lowest BCUT2D eigenvalue weighted by Gasteiger charge is -2.37. The summed E-state index contributed by atoms with van der Waals surface area (Å²) in [5.41, 5.74) is -0.0288. The lowest BCUT2D eigenvalue weighted by atomic mass is 9.69. The summed E-state index contributed by atoms with van der Waals surface area (Å²) in [7, 11) is 0. The van der Waals surface area contributed by atoms with Crippen molar-refractivity contribution >= 4 is 11.9 Å². The Bertz CT molecular complexity index is 520. The highest BCUT2D eigenvalue weighted by Crippen LogP contribution is 2.40. The van der Waals surface area contributed by atoms with Crippen molar-refractivity contribution in [2.24, 2.45) is 5.41 Å². The van der Waals surface area contributed by atoms with Gasteiger partial charge in [0.05, 0.1) is 11.0 Å². The fourth-order valence-corrected chi connectivity index (χ4v) is 2.26. The minimum absolute atomic E-state index is 0.0574. The van der Waals surface area contributed by atoms with Crippen LogP contribution in [0.3, 0.4) is 0 Å². The molecule has 0 aliphatic heterocycles. The van der Waals surface area contributed by atoms with Crippen LogP contribution in [-0.2, 0) is 4.79 Å². The monoisotopic (exact) mass is 263 g/mol. The summed E-state index contributed by atoms with van der Waals surface area (Å²) < 4.78 is 0. The number of nitrogens with one attached hydrogen (secondary N) is 1. The number of aromatic hydroxyl groups is 1. The second-order valence-electron chi connectivity index (χ2n) is 5.09. The largest absolute Gasteiger partial charge is 0.507 e. The number of carboxylic acid groups (broad SMARTS) is 1. The summed E-state index contributed by atoms with van der Waals surface area (Å²) in [6.45, 7) is 1.81. The normalized spacial score (nSPS) is 16.5. The van der Waals surface area contributed by atoms with Crippen LogP contribution in [0.15, 0.2) is 18.2 Å². The van der Waals surface area contributed by atoms with Crippen LogP contribution in [0, 0.1) is 12.3 Å². The smallest absolute Gasteiger partial charge is 0.311 e. The van der Waals surface area contributed by atoms with E-state index >= 15 is 0 Å². The second kappa shape index (κ2) is 4.91. The molecule has 19 heavy (non-hydrogen) atoms. The molecule has 1 aromatic carbocycles. The topological polar surface area (TPSA) is 86.6 Å². The van der Waals surface area contributed by atoms with Crippen LogP contribution in [-0.4, -0.2) is 28.6 Å². The van der Waals surface area contributed by atoms with Crippen LogP contribution in [0.5, 0.6) is 5.75 Å². The fraction of sp³-hybridized carbons (Fsp3) is 0.429. The van der Waals surface area contributed by atoms with E-state index in [0.717, 1.165) is 6.42 Å². The molecule has 0 spiro atoms. The third kappa shape index (κ3) is 2.41. The first-order valence-corrected chi connectivity index (χ1v) is 6.26. The Morgan fingerprint density at radius 3 is 2.58 bits per heavy atom. The van der Waals surface area contributed by atoms with Gasteiger partial charge in [0.2, 0.25) is 0 Å². The second-order valence-corrected chi connectivity index (χ2v) is 5.09. The molecule has 0 aromatic heterocycles. The lowest BCUT2D eigenvalue weighted by Crippen LogP contribution is -2.47. The lowest BCUT2D eigenvalue weighted by molar-refractivity contribution is -0.153. The number of carbonyl (C=O) groups excluding carboxylic acids is 1. The molecule has 1 aliphatic carbocycles. The molecule has 1 amide bonds. The highest BCUT2D eigenvalue weighted by molar-refractivity contribution is 5.97. The summed E-state index contributed by atoms with van der Waals surface area (Å²) in [6.07, 6.45) is 2.04. The number of aliphatic carboxylic acids is 1. The van der Waals surface area contributed by atoms with Gasteiger partial charge in [0.15, 0.2) is 0 Å². The van der Waals surface area contributed by atoms with Gasteiger partial charge in [-0.3, -0.25) is 9.59 Å². The summed E-state index contributed by atoms with van der Waals surface area (Å²) in [4.78, 5) is 23.1. The van der Waals surface area contributed by atoms with Gasteiger partial charge in [-0.05, 0) is 31.4 Å². The fourth-order valence-electron chi connectivity index (χ4n) is 2.26. The molecule has 0 heterocycles. The van der Waals surface area contributed by atoms with Crippen molar-refractivity contribution in [1.82, 2.24) is 5.32 Å². The summed E-state index contributed by atoms with van der Waals surface area (Å²) >= 11 is 0. The number of benzene rings is 1. The SMILES string of the molecule is Cc1cccc(C(=O)NCC2(C(=O)O)CCC2)c1O. The van der Waals surface area contributed by atoms with Gasteiger partial charge < -0.3 is 15.5 Å². The molecule has 1 fully saturated rings. The maximum atomic E-state index is 12.0. The third-order valence-corrected chi connectivity index (χ3v) is 3.83. The van der Waals surface area contributed by atoms with E-state index in [4.69, 9.17) is 5.11 Å². The first-order valence-electron chi connectivity index (χ1n) is 6.26. The Kier molecular flexibility index (Phi) is 3.46. The van der Waals surface area contributed by atoms with E-state index in [2.05, 4.69) is 5.32 Å². The molecule has 3 N–H and O–H groups in total. The van der Waals surface area contributed by atoms with Gasteiger partial charge in [-0.1, -0.05) is 18.6 Å². The number of phenols is 1. The molecule has 2 rings (SSSR count). The first kappa shape index (κ1) is 13.4. The molecule has 1 aromatic rings. The van der Waals surface area contributed by atoms with Gasteiger partial charge in [0.25, 0.3) is 5.91 Å². The molecule has 102 valence electrons. The molecular formula is C14H17NO4. The quantitative estimate of drug-likeness (QED) is 0.771. The van der Waals surface area contributed by atoms with Crippen LogP contribution < -0.4 is 5.32 Å². The van der Waals surface area contributed by atoms with E-state index in [1.54, 1.807) is 19.1 Å². The first-order chi connectivity index (χ1) is 8.96. The zero-order valence-corrected chi connectivity index (χ0v) is 10.8. The Morgan fingerprint density at radius 1 is 1.37 bits per heavy atom. The maximum Gasteiger partial charge on any atom is 0.311 e. The van der Waals surface area contributed by atoms with Gasteiger partial charge in [-0.25, -0.2) is 0 Å². The highest BCUT2D eigenvalue weighted by atomic mass is 16.4. The van der Waals surface area contributed by atoms with Gasteiger partial charge in [0, 0.05) is 6.54 Å². The molecule has 5 heteroatoms. The number of rotatable bonds is 4. The molecule has 0 saturated heterocycles. The average Bonchev–Trinajstić information content (AvgIpc) is 2.30. The number of amides is 1. The number of aryl methyl sites for hydroxylation is 1. The van der Waals surface area contributed by atoms with E-state index in [-0.39, 0.29) is 17.9 Å². The van der Waals surface area contributed by atoms with Crippen molar-refractivity contribution in [2.45, 2.75) is 26.2 Å². The Balaban J connectivity index is 2.06. The number of carboxylic acids is 1. The van der Waals surface area contributed by atoms with Crippen LogP contribution in [0.1, 0.15) is 35.2 Å². The molecule has 0 bridgehead atoms. The minimum atomic E-state index is -0.868. The van der Waals surface area contributed by atoms with Gasteiger partial charge in [-0.2, -0.15) is 0 Å². The third-order valence-electron chi connectivity index (χ3n) is 3.83. The van der Waals surface area contributed by atoms with E-state index in [0.29, 0.717) is 18.4 Å². The summed E-state index contributed by atoms with van der Waals surface area (Å²) in [5, 5.41) is 21.6. The maximum absolute atomic E-state index is 12.0. The molecule has 1 aliphatic rings. The molecule has 0 atom stereocenters. The zero-order chi connectivity index (χ0) is 14.0. The Morgan fingerprint density at radius 2 is 2.05 bits per heavy atom. The Labute approximate surface area is 111 Å². The van der Waals surface area contributed by atoms with Gasteiger partial charge in [-0.15, -0.1) is 0 Å². The van der Waals surface area contributed by atoms with Crippen molar-refractivity contribution in [3.8, 4) is 5.75 Å². The van der Waals surface area contributed by atoms with E-state index < -0.39 is 17.3 Å². The number of hydrogen-bond acceptors (Lipinski definition) is 3. The Hall–Kier alpha value is -2.04. The predicted octanol–water partition coefficient (Wildman–Crippen LogP) is 1.69. The van der Waals surface area contributed by atoms with Crippen LogP contribution >= 0.6 is 0 Å². The van der Waals surface area contributed by atoms with E-state index in [1.807, 2.05) is 0 Å². The molecule has 5 nitrogen and oxygen atoms in total. The van der Waals surface area contributed by atoms with E-state index in [1.165, 1.54) is 6.07 Å². The molecule has 0 unspecified atom stereocenters. The van der Waals surface area contributed by atoms with Gasteiger partial charge >= 0.3 is 5.97 Å². The number of hydrogen-bond donors (Lipinski definition) is 3. The average molecular weight is 263 g/mol. The van der Waals surface area contributed by atoms with Crippen LogP contribution in [0.2, 0.25) is 0 Å². The van der Waals surface area contributed by atoms with Crippen LogP contribution in [0.25, 0.3) is 0 Å². The van der Waals surface area contributed by atoms with E-state index in [9.17, 15) is 14.7 Å². The van der Waals surface area contributed by atoms with Crippen molar-refractivity contribution < 1.29 is 19.8 Å². The summed E-state index contributed by atoms with van der Waals surface area (Å²) in [5.74, 6) is -1.36. The van der Waals surface area contributed by atoms with Crippen LogP contribution in [0.4, 0.5) is 0 Å². The van der Waals surface area contributed by atoms with Crippen molar-refractivity contribution in [2.75, 3.05) is 6.54 Å². The van der Waals surface area contributed by atoms with Crippen molar-refractivity contribution in [3.63, 3.8) is 0 Å². The predicted molar refractivity (Wildman–Crippen MR) is 69.1 cm³/mol. The zero-order valence-electron chi connectivity index (χ0n) is 10.8. The molecular weight excluding hydrogens is 246 g/mol. The standard InChI is InChI=1S/C14H17NO4/c1-9-4-2-5-10(11(9)16)12(17)15-8-14(13(18)19)6-3-7-14/h2,4-5,16H,3,6-8H2,1H3,(H,15,17)(H,18,19). The number of phenolic OH excluding ortho intramolecular Hbond substituents is 1. The van der Waals surface area contributed by atoms with Crippen molar-refractivity contribution in [1.29, 1.82) is 0 Å². The molecule has 1 saturated carbocycles. The number of carbonyl (C=O) groups is 2. The minimum Gasteiger partial charge on any atom is -0.507 e. The van der Waals surface area contributed by atoms with Crippen molar-refractivity contribution in [3.05, 3.63) is 29.3 Å². The highest BCUT2D eigenvalue weighted by Gasteiger charge is 2.44. The summed E-state index contributed by atoms with van der Waals surface area (Å²) in [6, 6.07) is 4.91.